The lowest BCUT2D eigenvalue weighted by Crippen LogP contribution is -2.17. The fourth-order valence-corrected chi connectivity index (χ4v) is 3.19. The highest BCUT2D eigenvalue weighted by Gasteiger charge is 2.20. The largest absolute Gasteiger partial charge is 0.265 e. The highest BCUT2D eigenvalue weighted by Crippen LogP contribution is 2.28. The maximum absolute atomic E-state index is 9.00. The third-order valence-electron chi connectivity index (χ3n) is 2.97. The first-order valence-electron chi connectivity index (χ1n) is 5.27. The molecule has 4 heteroatoms. The van der Waals surface area contributed by atoms with Crippen LogP contribution in [0.5, 0.6) is 0 Å². The second-order valence-electron chi connectivity index (χ2n) is 3.95. The van der Waals surface area contributed by atoms with Crippen LogP contribution in [0.25, 0.3) is 0 Å². The van der Waals surface area contributed by atoms with E-state index in [-0.39, 0.29) is 0 Å². The molecule has 0 radical (unpaired) electrons. The highest BCUT2D eigenvalue weighted by atomic mass is 32.2. The van der Waals surface area contributed by atoms with Gasteiger partial charge >= 0.3 is 0 Å². The van der Waals surface area contributed by atoms with E-state index in [0.717, 1.165) is 17.0 Å². The molecule has 0 atom stereocenters. The van der Waals surface area contributed by atoms with Crippen molar-refractivity contribution in [3.63, 3.8) is 0 Å². The molecular formula is C11H15N3S. The molecular weight excluding hydrogens is 206 g/mol. The Balaban J connectivity index is 2.32. The molecule has 0 spiro atoms. The van der Waals surface area contributed by atoms with Crippen molar-refractivity contribution in [3.05, 3.63) is 17.0 Å². The minimum Gasteiger partial charge on any atom is -0.265 e. The average molecular weight is 221 g/mol. The Hall–Kier alpha value is -0.950. The first-order chi connectivity index (χ1) is 7.24. The first kappa shape index (κ1) is 10.6. The van der Waals surface area contributed by atoms with E-state index in [1.807, 2.05) is 25.6 Å². The van der Waals surface area contributed by atoms with Crippen LogP contribution in [0.4, 0.5) is 0 Å². The third kappa shape index (κ3) is 1.89. The molecule has 1 aliphatic heterocycles. The Morgan fingerprint density at radius 1 is 1.40 bits per heavy atom. The molecule has 0 aromatic carbocycles. The highest BCUT2D eigenvalue weighted by molar-refractivity contribution is 7.99. The van der Waals surface area contributed by atoms with Crippen LogP contribution in [0.1, 0.15) is 35.8 Å². The number of hydrogen-bond acceptors (Lipinski definition) is 3. The maximum Gasteiger partial charge on any atom is 0.103 e. The monoisotopic (exact) mass is 221 g/mol. The predicted octanol–water partition coefficient (Wildman–Crippen LogP) is 2.44. The van der Waals surface area contributed by atoms with Crippen molar-refractivity contribution in [2.75, 3.05) is 11.5 Å². The molecule has 2 rings (SSSR count). The van der Waals surface area contributed by atoms with Crippen LogP contribution in [0, 0.1) is 25.2 Å². The number of aromatic nitrogens is 2. The van der Waals surface area contributed by atoms with Gasteiger partial charge in [0.05, 0.1) is 23.0 Å². The second-order valence-corrected chi connectivity index (χ2v) is 5.17. The minimum absolute atomic E-state index is 0.507. The molecule has 1 aromatic heterocycles. The maximum atomic E-state index is 9.00. The van der Waals surface area contributed by atoms with Gasteiger partial charge in [-0.15, -0.1) is 0 Å². The van der Waals surface area contributed by atoms with E-state index in [1.165, 1.54) is 24.3 Å². The zero-order valence-electron chi connectivity index (χ0n) is 9.16. The van der Waals surface area contributed by atoms with Gasteiger partial charge in [-0.25, -0.2) is 0 Å². The van der Waals surface area contributed by atoms with Crippen LogP contribution < -0.4 is 0 Å². The summed E-state index contributed by atoms with van der Waals surface area (Å²) in [4.78, 5) is 0. The normalized spacial score (nSPS) is 17.7. The lowest BCUT2D eigenvalue weighted by atomic mass is 10.1. The molecule has 0 saturated carbocycles. The summed E-state index contributed by atoms with van der Waals surface area (Å²) in [5.41, 5.74) is 2.66. The molecule has 3 nitrogen and oxygen atoms in total. The quantitative estimate of drug-likeness (QED) is 0.731. The second kappa shape index (κ2) is 4.28. The number of nitriles is 1. The standard InChI is InChI=1S/C11H15N3S/c1-8-11(7-12)9(2)14(13-8)10-3-5-15-6-4-10/h10H,3-6H2,1-2H3. The zero-order valence-corrected chi connectivity index (χ0v) is 9.97. The fraction of sp³-hybridized carbons (Fsp3) is 0.636. The molecule has 0 bridgehead atoms. The molecule has 0 unspecified atom stereocenters. The summed E-state index contributed by atoms with van der Waals surface area (Å²) in [5.74, 6) is 2.43. The van der Waals surface area contributed by atoms with Gasteiger partial charge in [-0.05, 0) is 38.2 Å². The number of nitrogens with zero attached hydrogens (tertiary/aromatic N) is 3. The fourth-order valence-electron chi connectivity index (χ4n) is 2.11. The van der Waals surface area contributed by atoms with E-state index in [9.17, 15) is 0 Å². The van der Waals surface area contributed by atoms with E-state index < -0.39 is 0 Å². The van der Waals surface area contributed by atoms with Gasteiger partial charge in [-0.2, -0.15) is 22.1 Å². The van der Waals surface area contributed by atoms with Crippen molar-refractivity contribution in [3.8, 4) is 6.07 Å². The summed E-state index contributed by atoms with van der Waals surface area (Å²) in [5, 5.41) is 13.5. The molecule has 1 saturated heterocycles. The van der Waals surface area contributed by atoms with Crippen molar-refractivity contribution >= 4 is 11.8 Å². The van der Waals surface area contributed by atoms with Crippen LogP contribution >= 0.6 is 11.8 Å². The molecule has 80 valence electrons. The van der Waals surface area contributed by atoms with Crippen molar-refractivity contribution in [1.82, 2.24) is 9.78 Å². The van der Waals surface area contributed by atoms with Gasteiger partial charge in [0.15, 0.2) is 0 Å². The lowest BCUT2D eigenvalue weighted by molar-refractivity contribution is 0.416. The smallest absolute Gasteiger partial charge is 0.103 e. The van der Waals surface area contributed by atoms with Crippen molar-refractivity contribution in [2.24, 2.45) is 0 Å². The average Bonchev–Trinajstić information content (AvgIpc) is 2.55. The Labute approximate surface area is 94.5 Å². The Morgan fingerprint density at radius 3 is 2.60 bits per heavy atom. The molecule has 0 aliphatic carbocycles. The number of rotatable bonds is 1. The Morgan fingerprint density at radius 2 is 2.07 bits per heavy atom. The van der Waals surface area contributed by atoms with E-state index in [4.69, 9.17) is 5.26 Å². The molecule has 2 heterocycles. The Bertz CT molecular complexity index is 397. The lowest BCUT2D eigenvalue weighted by Gasteiger charge is -2.22. The summed E-state index contributed by atoms with van der Waals surface area (Å²) in [6.45, 7) is 3.92. The summed E-state index contributed by atoms with van der Waals surface area (Å²) in [6.07, 6.45) is 2.36. The van der Waals surface area contributed by atoms with Gasteiger partial charge in [0.2, 0.25) is 0 Å². The summed E-state index contributed by atoms with van der Waals surface area (Å²) in [7, 11) is 0. The van der Waals surface area contributed by atoms with Gasteiger partial charge < -0.3 is 0 Å². The molecule has 0 amide bonds. The molecule has 1 aliphatic rings. The Kier molecular flexibility index (Phi) is 3.01. The summed E-state index contributed by atoms with van der Waals surface area (Å²) >= 11 is 2.01. The van der Waals surface area contributed by atoms with E-state index >= 15 is 0 Å². The van der Waals surface area contributed by atoms with Crippen LogP contribution in [-0.4, -0.2) is 21.3 Å². The van der Waals surface area contributed by atoms with Crippen molar-refractivity contribution in [2.45, 2.75) is 32.7 Å². The van der Waals surface area contributed by atoms with Crippen LogP contribution in [0.15, 0.2) is 0 Å². The first-order valence-corrected chi connectivity index (χ1v) is 6.43. The van der Waals surface area contributed by atoms with Gasteiger partial charge in [0.1, 0.15) is 6.07 Å². The molecule has 15 heavy (non-hydrogen) atoms. The van der Waals surface area contributed by atoms with Crippen molar-refractivity contribution in [1.29, 1.82) is 5.26 Å². The van der Waals surface area contributed by atoms with Gasteiger partial charge in [0.25, 0.3) is 0 Å². The van der Waals surface area contributed by atoms with Gasteiger partial charge in [0, 0.05) is 0 Å². The van der Waals surface area contributed by atoms with E-state index in [2.05, 4.69) is 15.8 Å². The SMILES string of the molecule is Cc1nn(C2CCSCC2)c(C)c1C#N. The van der Waals surface area contributed by atoms with Crippen LogP contribution in [0.3, 0.4) is 0 Å². The predicted molar refractivity (Wildman–Crippen MR) is 62.0 cm³/mol. The molecule has 0 N–H and O–H groups in total. The number of aryl methyl sites for hydroxylation is 1. The minimum atomic E-state index is 0.507. The zero-order chi connectivity index (χ0) is 10.8. The van der Waals surface area contributed by atoms with E-state index in [0.29, 0.717) is 6.04 Å². The topological polar surface area (TPSA) is 41.6 Å². The number of hydrogen-bond donors (Lipinski definition) is 0. The van der Waals surface area contributed by atoms with Gasteiger partial charge in [-0.3, -0.25) is 4.68 Å². The molecule has 1 fully saturated rings. The van der Waals surface area contributed by atoms with Crippen molar-refractivity contribution < 1.29 is 0 Å². The molecule has 1 aromatic rings. The summed E-state index contributed by atoms with van der Waals surface area (Å²) in [6, 6.07) is 2.74. The van der Waals surface area contributed by atoms with Gasteiger partial charge in [-0.1, -0.05) is 0 Å². The van der Waals surface area contributed by atoms with Crippen LogP contribution in [-0.2, 0) is 0 Å². The van der Waals surface area contributed by atoms with Crippen LogP contribution in [0.2, 0.25) is 0 Å². The number of thioether (sulfide) groups is 1. The summed E-state index contributed by atoms with van der Waals surface area (Å²) < 4.78 is 2.06. The van der Waals surface area contributed by atoms with E-state index in [1.54, 1.807) is 0 Å². The third-order valence-corrected chi connectivity index (χ3v) is 4.02.